The van der Waals surface area contributed by atoms with Crippen LogP contribution in [0.4, 0.5) is 10.1 Å². The molecule has 2 aliphatic heterocycles. The van der Waals surface area contributed by atoms with Gasteiger partial charge in [0.15, 0.2) is 5.82 Å². The van der Waals surface area contributed by atoms with E-state index in [0.717, 1.165) is 13.1 Å². The molecule has 2 aliphatic rings. The highest BCUT2D eigenvalue weighted by atomic mass is 35.5. The summed E-state index contributed by atoms with van der Waals surface area (Å²) in [4.78, 5) is 33.1. The van der Waals surface area contributed by atoms with Crippen molar-refractivity contribution in [2.45, 2.75) is 13.1 Å². The predicted molar refractivity (Wildman–Crippen MR) is 112 cm³/mol. The highest BCUT2D eigenvalue weighted by Crippen LogP contribution is 2.23. The van der Waals surface area contributed by atoms with Crippen molar-refractivity contribution in [3.05, 3.63) is 58.9 Å². The van der Waals surface area contributed by atoms with Crippen molar-refractivity contribution in [2.75, 3.05) is 31.5 Å². The normalized spacial score (nSPS) is 16.6. The molecule has 0 saturated carbocycles. The van der Waals surface area contributed by atoms with Crippen LogP contribution in [0.3, 0.4) is 0 Å². The lowest BCUT2D eigenvalue weighted by molar-refractivity contribution is -0.127. The van der Waals surface area contributed by atoms with Gasteiger partial charge < -0.3 is 14.8 Å². The van der Waals surface area contributed by atoms with Gasteiger partial charge in [0.1, 0.15) is 11.5 Å². The molecule has 1 aromatic carbocycles. The standard InChI is InChI=1S/C21H20ClFN6O2/c22-15-3-1-4-16(20(15)23)26-21(31)17-10-25-18-13-28(7-8-29(17)18)19(30)5-2-6-27-11-14(9-24)12-27/h1-5,10,14H,6-8,11-13H2,(H,26,31)/b5-2+. The van der Waals surface area contributed by atoms with Crippen molar-refractivity contribution in [3.63, 3.8) is 0 Å². The summed E-state index contributed by atoms with van der Waals surface area (Å²) < 4.78 is 15.8. The summed E-state index contributed by atoms with van der Waals surface area (Å²) in [6.45, 7) is 3.23. The highest BCUT2D eigenvalue weighted by molar-refractivity contribution is 6.31. The molecule has 2 aromatic rings. The molecular weight excluding hydrogens is 423 g/mol. The van der Waals surface area contributed by atoms with E-state index < -0.39 is 11.7 Å². The van der Waals surface area contributed by atoms with Crippen LogP contribution in [0.1, 0.15) is 16.3 Å². The van der Waals surface area contributed by atoms with Crippen molar-refractivity contribution in [2.24, 2.45) is 5.92 Å². The third kappa shape index (κ3) is 4.45. The summed E-state index contributed by atoms with van der Waals surface area (Å²) in [5, 5.41) is 11.2. The van der Waals surface area contributed by atoms with Gasteiger partial charge in [0.05, 0.1) is 35.4 Å². The van der Waals surface area contributed by atoms with E-state index in [1.165, 1.54) is 24.4 Å². The summed E-state index contributed by atoms with van der Waals surface area (Å²) in [6, 6.07) is 6.60. The summed E-state index contributed by atoms with van der Waals surface area (Å²) in [6.07, 6.45) is 4.76. The monoisotopic (exact) mass is 442 g/mol. The van der Waals surface area contributed by atoms with Gasteiger partial charge in [0, 0.05) is 38.8 Å². The second kappa shape index (κ2) is 8.88. The van der Waals surface area contributed by atoms with E-state index in [0.29, 0.717) is 31.2 Å². The number of carbonyl (C=O) groups is 2. The second-order valence-electron chi connectivity index (χ2n) is 7.47. The van der Waals surface area contributed by atoms with Crippen LogP contribution in [0, 0.1) is 23.1 Å². The number of likely N-dealkylation sites (tertiary alicyclic amines) is 1. The number of hydrogen-bond acceptors (Lipinski definition) is 5. The van der Waals surface area contributed by atoms with Crippen LogP contribution < -0.4 is 5.32 Å². The average molecular weight is 443 g/mol. The van der Waals surface area contributed by atoms with Crippen LogP contribution in [0.5, 0.6) is 0 Å². The second-order valence-corrected chi connectivity index (χ2v) is 7.88. The van der Waals surface area contributed by atoms with Crippen molar-refractivity contribution >= 4 is 29.1 Å². The Kier molecular flexibility index (Phi) is 6.02. The number of fused-ring (bicyclic) bond motifs is 1. The lowest BCUT2D eigenvalue weighted by atomic mass is 10.0. The largest absolute Gasteiger partial charge is 0.330 e. The van der Waals surface area contributed by atoms with Gasteiger partial charge in [0.2, 0.25) is 5.91 Å². The fraction of sp³-hybridized carbons (Fsp3) is 0.333. The zero-order chi connectivity index (χ0) is 22.0. The fourth-order valence-electron chi connectivity index (χ4n) is 3.62. The van der Waals surface area contributed by atoms with Gasteiger partial charge >= 0.3 is 0 Å². The van der Waals surface area contributed by atoms with Crippen LogP contribution in [0.2, 0.25) is 5.02 Å². The number of carbonyl (C=O) groups excluding carboxylic acids is 2. The smallest absolute Gasteiger partial charge is 0.274 e. The van der Waals surface area contributed by atoms with E-state index in [-0.39, 0.29) is 29.1 Å². The Bertz CT molecular complexity index is 1090. The SMILES string of the molecule is N#CC1CN(C/C=C/C(=O)N2CCn3c(C(=O)Nc4cccc(Cl)c4F)cnc3C2)C1. The zero-order valence-corrected chi connectivity index (χ0v) is 17.3. The molecule has 0 unspecified atom stereocenters. The first-order valence-corrected chi connectivity index (χ1v) is 10.2. The number of nitrogens with zero attached hydrogens (tertiary/aromatic N) is 5. The minimum atomic E-state index is -0.694. The van der Waals surface area contributed by atoms with Crippen molar-refractivity contribution in [3.8, 4) is 6.07 Å². The average Bonchev–Trinajstić information content (AvgIpc) is 3.16. The van der Waals surface area contributed by atoms with E-state index in [1.807, 2.05) is 0 Å². The maximum atomic E-state index is 14.1. The van der Waals surface area contributed by atoms with Crippen LogP contribution in [-0.2, 0) is 17.9 Å². The molecule has 0 aliphatic carbocycles. The number of hydrogen-bond donors (Lipinski definition) is 1. The molecule has 3 heterocycles. The lowest BCUT2D eigenvalue weighted by Crippen LogP contribution is -2.45. The fourth-order valence-corrected chi connectivity index (χ4v) is 3.80. The molecule has 4 rings (SSSR count). The van der Waals surface area contributed by atoms with E-state index in [4.69, 9.17) is 16.9 Å². The Morgan fingerprint density at radius 3 is 2.94 bits per heavy atom. The number of amides is 2. The van der Waals surface area contributed by atoms with Crippen LogP contribution in [-0.4, -0.2) is 57.3 Å². The molecule has 10 heteroatoms. The number of benzene rings is 1. The van der Waals surface area contributed by atoms with Gasteiger partial charge in [-0.2, -0.15) is 5.26 Å². The van der Waals surface area contributed by atoms with Gasteiger partial charge in [-0.3, -0.25) is 14.5 Å². The van der Waals surface area contributed by atoms with Crippen molar-refractivity contribution in [1.82, 2.24) is 19.4 Å². The molecule has 0 radical (unpaired) electrons. The molecule has 1 N–H and O–H groups in total. The van der Waals surface area contributed by atoms with E-state index in [2.05, 4.69) is 21.3 Å². The Balaban J connectivity index is 1.35. The number of imidazole rings is 1. The van der Waals surface area contributed by atoms with Gasteiger partial charge in [-0.15, -0.1) is 0 Å². The molecular formula is C21H20ClFN6O2. The number of nitrogens with one attached hydrogen (secondary N) is 1. The van der Waals surface area contributed by atoms with E-state index in [9.17, 15) is 14.0 Å². The van der Waals surface area contributed by atoms with E-state index >= 15 is 0 Å². The highest BCUT2D eigenvalue weighted by Gasteiger charge is 2.26. The molecule has 0 bridgehead atoms. The Morgan fingerprint density at radius 2 is 2.16 bits per heavy atom. The molecule has 0 spiro atoms. The Hall–Kier alpha value is -3.22. The van der Waals surface area contributed by atoms with Gasteiger partial charge in [-0.1, -0.05) is 23.7 Å². The molecule has 1 fully saturated rings. The molecule has 1 aromatic heterocycles. The molecule has 31 heavy (non-hydrogen) atoms. The third-order valence-electron chi connectivity index (χ3n) is 5.37. The Labute approximate surface area is 183 Å². The molecule has 160 valence electrons. The minimum Gasteiger partial charge on any atom is -0.330 e. The summed E-state index contributed by atoms with van der Waals surface area (Å²) >= 11 is 5.76. The lowest BCUT2D eigenvalue weighted by Gasteiger charge is -2.34. The number of halogens is 2. The van der Waals surface area contributed by atoms with Crippen LogP contribution >= 0.6 is 11.6 Å². The minimum absolute atomic E-state index is 0.00547. The molecule has 2 amide bonds. The first-order chi connectivity index (χ1) is 15.0. The van der Waals surface area contributed by atoms with Gasteiger partial charge in [0.25, 0.3) is 5.91 Å². The predicted octanol–water partition coefficient (Wildman–Crippen LogP) is 2.28. The molecule has 1 saturated heterocycles. The number of rotatable bonds is 5. The topological polar surface area (TPSA) is 94.3 Å². The zero-order valence-electron chi connectivity index (χ0n) is 16.6. The summed E-state index contributed by atoms with van der Waals surface area (Å²) in [5.74, 6) is -0.639. The molecule has 0 atom stereocenters. The summed E-state index contributed by atoms with van der Waals surface area (Å²) in [7, 11) is 0. The van der Waals surface area contributed by atoms with E-state index in [1.54, 1.807) is 21.6 Å². The first-order valence-electron chi connectivity index (χ1n) is 9.83. The quantitative estimate of drug-likeness (QED) is 0.717. The van der Waals surface area contributed by atoms with Crippen LogP contribution in [0.25, 0.3) is 0 Å². The maximum absolute atomic E-state index is 14.1. The first kappa shape index (κ1) is 21.0. The number of anilines is 1. The maximum Gasteiger partial charge on any atom is 0.274 e. The third-order valence-corrected chi connectivity index (χ3v) is 5.66. The van der Waals surface area contributed by atoms with Crippen molar-refractivity contribution in [1.29, 1.82) is 5.26 Å². The van der Waals surface area contributed by atoms with Crippen molar-refractivity contribution < 1.29 is 14.0 Å². The van der Waals surface area contributed by atoms with Crippen LogP contribution in [0.15, 0.2) is 36.5 Å². The summed E-state index contributed by atoms with van der Waals surface area (Å²) in [5.41, 5.74) is 0.288. The Morgan fingerprint density at radius 1 is 1.35 bits per heavy atom. The van der Waals surface area contributed by atoms with Gasteiger partial charge in [-0.25, -0.2) is 9.37 Å². The number of nitriles is 1. The molecule has 8 nitrogen and oxygen atoms in total. The number of aromatic nitrogens is 2. The van der Waals surface area contributed by atoms with Gasteiger partial charge in [-0.05, 0) is 12.1 Å².